The van der Waals surface area contributed by atoms with E-state index in [9.17, 15) is 32.7 Å². The Morgan fingerprint density at radius 1 is 1.12 bits per heavy atom. The molecule has 0 spiro atoms. The number of rotatable bonds is 12. The second kappa shape index (κ2) is 12.7. The maximum Gasteiger partial charge on any atom is 0.330 e. The number of nitrogens with zero attached hydrogens (tertiary/aromatic N) is 2. The van der Waals surface area contributed by atoms with Crippen LogP contribution in [0.4, 0.5) is 4.79 Å². The normalized spacial score (nSPS) is 27.6. The van der Waals surface area contributed by atoms with E-state index in [1.807, 2.05) is 20.8 Å². The summed E-state index contributed by atoms with van der Waals surface area (Å²) in [4.78, 5) is 54.7. The number of carbonyl (C=O) groups is 4. The SMILES string of the molecule is C=CC1C[C@]1(NC(=O)C1(C)CCCN1C(=O)[C@@H](NC(=O)NC(CN(C)S(=O)(=O)C(C)C)C(C)(C)C)C1CCCC1)C(=O)O. The van der Waals surface area contributed by atoms with E-state index in [1.54, 1.807) is 20.8 Å². The van der Waals surface area contributed by atoms with Gasteiger partial charge >= 0.3 is 12.0 Å². The van der Waals surface area contributed by atoms with E-state index in [0.29, 0.717) is 19.4 Å². The van der Waals surface area contributed by atoms with Crippen molar-refractivity contribution >= 4 is 33.8 Å². The topological polar surface area (TPSA) is 165 Å². The lowest BCUT2D eigenvalue weighted by Crippen LogP contribution is -2.64. The standard InChI is InChI=1S/C30H51N5O7S/c1-9-21-17-30(21,26(38)39)33-25(37)29(7)15-12-16-35(29)24(36)23(20-13-10-11-14-20)32-27(40)31-22(28(4,5)6)18-34(8)43(41,42)19(2)3/h9,19-23H,1,10-18H2,2-8H3,(H,33,37)(H,38,39)(H2,31,32,40)/t21?,22?,23-,29?,30+/m0/s1. The fraction of sp³-hybridized carbons (Fsp3) is 0.800. The van der Waals surface area contributed by atoms with E-state index < -0.39 is 61.8 Å². The minimum absolute atomic E-state index is 0.0564. The van der Waals surface area contributed by atoms with E-state index in [1.165, 1.54) is 22.3 Å². The molecule has 0 aromatic heterocycles. The predicted molar refractivity (Wildman–Crippen MR) is 164 cm³/mol. The second-order valence-corrected chi connectivity index (χ2v) is 16.7. The maximum absolute atomic E-state index is 14.2. The van der Waals surface area contributed by atoms with Crippen molar-refractivity contribution in [2.24, 2.45) is 17.3 Å². The lowest BCUT2D eigenvalue weighted by molar-refractivity contribution is -0.149. The molecule has 3 unspecified atom stereocenters. The quantitative estimate of drug-likeness (QED) is 0.242. The number of carboxylic acids is 1. The van der Waals surface area contributed by atoms with Gasteiger partial charge < -0.3 is 26.0 Å². The van der Waals surface area contributed by atoms with Gasteiger partial charge in [-0.15, -0.1) is 6.58 Å². The summed E-state index contributed by atoms with van der Waals surface area (Å²) in [7, 11) is -2.06. The van der Waals surface area contributed by atoms with Gasteiger partial charge in [-0.25, -0.2) is 22.3 Å². The van der Waals surface area contributed by atoms with E-state index in [0.717, 1.165) is 25.7 Å². The van der Waals surface area contributed by atoms with Gasteiger partial charge in [0, 0.05) is 32.1 Å². The molecule has 2 saturated carbocycles. The van der Waals surface area contributed by atoms with Crippen LogP contribution in [0.2, 0.25) is 0 Å². The Hall–Kier alpha value is -2.67. The van der Waals surface area contributed by atoms with E-state index in [2.05, 4.69) is 22.5 Å². The molecule has 0 radical (unpaired) electrons. The Kier molecular flexibility index (Phi) is 10.3. The molecule has 0 bridgehead atoms. The highest BCUT2D eigenvalue weighted by Crippen LogP contribution is 2.45. The summed E-state index contributed by atoms with van der Waals surface area (Å²) in [5.41, 5.74) is -3.19. The first-order valence-corrected chi connectivity index (χ1v) is 16.8. The Bertz CT molecular complexity index is 1210. The van der Waals surface area contributed by atoms with Gasteiger partial charge in [0.25, 0.3) is 0 Å². The zero-order chi connectivity index (χ0) is 32.5. The summed E-state index contributed by atoms with van der Waals surface area (Å²) in [6.45, 7) is 14.6. The molecule has 4 N–H and O–H groups in total. The fourth-order valence-electron chi connectivity index (χ4n) is 6.34. The molecule has 0 aromatic carbocycles. The van der Waals surface area contributed by atoms with Crippen LogP contribution in [0.5, 0.6) is 0 Å². The van der Waals surface area contributed by atoms with Crippen LogP contribution < -0.4 is 16.0 Å². The highest BCUT2D eigenvalue weighted by molar-refractivity contribution is 7.89. The van der Waals surface area contributed by atoms with Crippen molar-refractivity contribution in [3.05, 3.63) is 12.7 Å². The van der Waals surface area contributed by atoms with Gasteiger partial charge in [-0.05, 0) is 64.2 Å². The first kappa shape index (κ1) is 34.8. The zero-order valence-corrected chi connectivity index (χ0v) is 27.6. The highest BCUT2D eigenvalue weighted by Gasteiger charge is 2.62. The van der Waals surface area contributed by atoms with E-state index in [4.69, 9.17) is 0 Å². The molecule has 4 amide bonds. The number of sulfonamides is 1. The van der Waals surface area contributed by atoms with Crippen molar-refractivity contribution in [2.45, 2.75) is 115 Å². The third-order valence-electron chi connectivity index (χ3n) is 9.66. The number of likely N-dealkylation sites (tertiary alicyclic amines) is 1. The van der Waals surface area contributed by atoms with E-state index in [-0.39, 0.29) is 30.7 Å². The third kappa shape index (κ3) is 7.19. The first-order chi connectivity index (χ1) is 19.8. The van der Waals surface area contributed by atoms with Crippen molar-refractivity contribution in [3.8, 4) is 0 Å². The zero-order valence-electron chi connectivity index (χ0n) is 26.7. The molecular formula is C30H51N5O7S. The molecule has 13 heteroatoms. The summed E-state index contributed by atoms with van der Waals surface area (Å²) in [5, 5.41) is 17.7. The first-order valence-electron chi connectivity index (χ1n) is 15.3. The molecule has 3 rings (SSSR count). The summed E-state index contributed by atoms with van der Waals surface area (Å²) in [6, 6.07) is -2.03. The lowest BCUT2D eigenvalue weighted by atomic mass is 9.86. The van der Waals surface area contributed by atoms with Crippen LogP contribution in [0.25, 0.3) is 0 Å². The Balaban J connectivity index is 1.80. The third-order valence-corrected chi connectivity index (χ3v) is 11.9. The van der Waals surface area contributed by atoms with Gasteiger partial charge in [-0.2, -0.15) is 0 Å². The maximum atomic E-state index is 14.2. The number of urea groups is 1. The highest BCUT2D eigenvalue weighted by atomic mass is 32.2. The van der Waals surface area contributed by atoms with Crippen molar-refractivity contribution in [1.29, 1.82) is 0 Å². The van der Waals surface area contributed by atoms with Crippen LogP contribution in [-0.4, -0.2) is 95.1 Å². The summed E-state index contributed by atoms with van der Waals surface area (Å²) in [5.74, 6) is -2.54. The molecule has 3 fully saturated rings. The van der Waals surface area contributed by atoms with Crippen molar-refractivity contribution in [2.75, 3.05) is 20.1 Å². The number of likely N-dealkylation sites (N-methyl/N-ethyl adjacent to an activating group) is 1. The minimum Gasteiger partial charge on any atom is -0.479 e. The smallest absolute Gasteiger partial charge is 0.330 e. The molecule has 12 nitrogen and oxygen atoms in total. The van der Waals surface area contributed by atoms with E-state index >= 15 is 0 Å². The van der Waals surface area contributed by atoms with Gasteiger partial charge in [-0.1, -0.05) is 39.7 Å². The van der Waals surface area contributed by atoms with Crippen LogP contribution >= 0.6 is 0 Å². The van der Waals surface area contributed by atoms with Gasteiger partial charge in [-0.3, -0.25) is 9.59 Å². The number of carboxylic acid groups (broad SMARTS) is 1. The van der Waals surface area contributed by atoms with Gasteiger partial charge in [0.1, 0.15) is 17.1 Å². The Labute approximate surface area is 256 Å². The van der Waals surface area contributed by atoms with Crippen molar-refractivity contribution < 1.29 is 32.7 Å². The van der Waals surface area contributed by atoms with Gasteiger partial charge in [0.2, 0.25) is 21.8 Å². The molecule has 2 aliphatic carbocycles. The number of nitrogens with one attached hydrogen (secondary N) is 3. The average Bonchev–Trinajstić information content (AvgIpc) is 3.21. The fourth-order valence-corrected chi connectivity index (χ4v) is 7.42. The molecule has 1 saturated heterocycles. The summed E-state index contributed by atoms with van der Waals surface area (Å²) < 4.78 is 26.7. The van der Waals surface area contributed by atoms with Crippen molar-refractivity contribution in [3.63, 3.8) is 0 Å². The minimum atomic E-state index is -3.55. The van der Waals surface area contributed by atoms with Gasteiger partial charge in [0.15, 0.2) is 0 Å². The Morgan fingerprint density at radius 3 is 2.21 bits per heavy atom. The average molecular weight is 626 g/mol. The number of hydrogen-bond acceptors (Lipinski definition) is 6. The summed E-state index contributed by atoms with van der Waals surface area (Å²) >= 11 is 0. The lowest BCUT2D eigenvalue weighted by Gasteiger charge is -2.39. The number of carbonyl (C=O) groups excluding carboxylic acids is 3. The van der Waals surface area contributed by atoms with Crippen LogP contribution in [-0.2, 0) is 24.4 Å². The molecule has 5 atom stereocenters. The van der Waals surface area contributed by atoms with Crippen LogP contribution in [0, 0.1) is 17.3 Å². The largest absolute Gasteiger partial charge is 0.479 e. The number of aliphatic carboxylic acids is 1. The molecule has 1 aliphatic heterocycles. The van der Waals surface area contributed by atoms with Crippen LogP contribution in [0.1, 0.15) is 86.5 Å². The van der Waals surface area contributed by atoms with Gasteiger partial charge in [0.05, 0.1) is 5.25 Å². The molecular weight excluding hydrogens is 574 g/mol. The molecule has 43 heavy (non-hydrogen) atoms. The van der Waals surface area contributed by atoms with Crippen LogP contribution in [0.15, 0.2) is 12.7 Å². The second-order valence-electron chi connectivity index (χ2n) is 14.1. The van der Waals surface area contributed by atoms with Crippen LogP contribution in [0.3, 0.4) is 0 Å². The number of amides is 4. The monoisotopic (exact) mass is 625 g/mol. The summed E-state index contributed by atoms with van der Waals surface area (Å²) in [6.07, 6.45) is 6.02. The number of hydrogen-bond donors (Lipinski definition) is 4. The Morgan fingerprint density at radius 2 is 1.72 bits per heavy atom. The molecule has 1 heterocycles. The van der Waals surface area contributed by atoms with Crippen molar-refractivity contribution in [1.82, 2.24) is 25.2 Å². The predicted octanol–water partition coefficient (Wildman–Crippen LogP) is 2.46. The molecule has 3 aliphatic rings. The molecule has 0 aromatic rings. The molecule has 244 valence electrons.